The summed E-state index contributed by atoms with van der Waals surface area (Å²) < 4.78 is 30.9. The van der Waals surface area contributed by atoms with Gasteiger partial charge in [0.2, 0.25) is 0 Å². The van der Waals surface area contributed by atoms with Gasteiger partial charge >= 0.3 is 5.97 Å². The second kappa shape index (κ2) is 6.84. The molecule has 0 amide bonds. The predicted octanol–water partition coefficient (Wildman–Crippen LogP) is 1.34. The van der Waals surface area contributed by atoms with Gasteiger partial charge in [-0.05, 0) is 19.9 Å². The number of ether oxygens (including phenoxy) is 1. The minimum Gasteiger partial charge on any atom is -0.463 e. The first-order valence-electron chi connectivity index (χ1n) is 5.89. The monoisotopic (exact) mass is 314 g/mol. The summed E-state index contributed by atoms with van der Waals surface area (Å²) >= 11 is 0. The maximum absolute atomic E-state index is 12.1. The molecule has 0 radical (unpaired) electrons. The molecule has 8 nitrogen and oxygen atoms in total. The van der Waals surface area contributed by atoms with Crippen molar-refractivity contribution in [2.75, 3.05) is 6.61 Å². The number of benzene rings is 1. The van der Waals surface area contributed by atoms with Gasteiger partial charge in [-0.25, -0.2) is 13.2 Å². The largest absolute Gasteiger partial charge is 0.463 e. The molecule has 0 atom stereocenters. The normalized spacial score (nSPS) is 11.8. The van der Waals surface area contributed by atoms with Crippen molar-refractivity contribution in [3.05, 3.63) is 46.2 Å². The van der Waals surface area contributed by atoms with E-state index >= 15 is 0 Å². The maximum Gasteiger partial charge on any atom is 0.332 e. The molecule has 1 N–H and O–H groups in total. The van der Waals surface area contributed by atoms with Crippen molar-refractivity contribution in [3.63, 3.8) is 0 Å². The third-order valence-corrected chi connectivity index (χ3v) is 3.78. The summed E-state index contributed by atoms with van der Waals surface area (Å²) in [6, 6.07) is 4.92. The van der Waals surface area contributed by atoms with Gasteiger partial charge in [-0.1, -0.05) is 12.1 Å². The van der Waals surface area contributed by atoms with Crippen LogP contribution < -0.4 is 4.72 Å². The molecule has 0 aliphatic carbocycles. The fraction of sp³-hybridized carbons (Fsp3) is 0.250. The summed E-state index contributed by atoms with van der Waals surface area (Å²) in [6.45, 7) is 3.10. The number of hydrogen-bond donors (Lipinski definition) is 1. The number of carbonyl (C=O) groups is 1. The quantitative estimate of drug-likeness (QED) is 0.366. The molecular formula is C12H14N2O6S. The van der Waals surface area contributed by atoms with Crippen LogP contribution in [0, 0.1) is 10.1 Å². The van der Waals surface area contributed by atoms with Crippen molar-refractivity contribution in [2.24, 2.45) is 0 Å². The zero-order valence-electron chi connectivity index (χ0n) is 11.4. The van der Waals surface area contributed by atoms with Gasteiger partial charge in [0.25, 0.3) is 15.7 Å². The van der Waals surface area contributed by atoms with Crippen molar-refractivity contribution < 1.29 is 22.9 Å². The molecule has 0 heterocycles. The lowest BCUT2D eigenvalue weighted by atomic mass is 10.3. The molecule has 1 aromatic rings. The maximum atomic E-state index is 12.1. The minimum absolute atomic E-state index is 0.00778. The number of nitro groups is 1. The van der Waals surface area contributed by atoms with Crippen LogP contribution in [0.4, 0.5) is 5.69 Å². The highest BCUT2D eigenvalue weighted by atomic mass is 32.2. The molecule has 21 heavy (non-hydrogen) atoms. The number of carbonyl (C=O) groups excluding carboxylic acids is 1. The van der Waals surface area contributed by atoms with E-state index in [0.717, 1.165) is 18.2 Å². The number of sulfonamides is 1. The van der Waals surface area contributed by atoms with Crippen LogP contribution in [0.15, 0.2) is 40.9 Å². The lowest BCUT2D eigenvalue weighted by Crippen LogP contribution is -2.23. The number of hydrogen-bond acceptors (Lipinski definition) is 6. The van der Waals surface area contributed by atoms with E-state index < -0.39 is 31.5 Å². The Morgan fingerprint density at radius 3 is 2.62 bits per heavy atom. The van der Waals surface area contributed by atoms with Gasteiger partial charge in [-0.2, -0.15) is 0 Å². The number of rotatable bonds is 6. The predicted molar refractivity (Wildman–Crippen MR) is 73.8 cm³/mol. The zero-order valence-corrected chi connectivity index (χ0v) is 12.2. The fourth-order valence-corrected chi connectivity index (χ4v) is 2.76. The van der Waals surface area contributed by atoms with Crippen LogP contribution in [0.25, 0.3) is 0 Å². The van der Waals surface area contributed by atoms with Crippen LogP contribution in [0.3, 0.4) is 0 Å². The molecule has 0 spiro atoms. The van der Waals surface area contributed by atoms with Gasteiger partial charge < -0.3 is 4.74 Å². The summed E-state index contributed by atoms with van der Waals surface area (Å²) in [4.78, 5) is 20.8. The molecular weight excluding hydrogens is 300 g/mol. The molecule has 0 aliphatic rings. The average molecular weight is 314 g/mol. The molecule has 114 valence electrons. The van der Waals surface area contributed by atoms with E-state index in [0.29, 0.717) is 0 Å². The van der Waals surface area contributed by atoms with Crippen LogP contribution in [0.2, 0.25) is 0 Å². The highest BCUT2D eigenvalue weighted by Gasteiger charge is 2.25. The SMILES string of the molecule is CCOC(=O)/C=C(\C)NS(=O)(=O)c1ccccc1[N+](=O)[O-]. The van der Waals surface area contributed by atoms with Gasteiger partial charge in [-0.15, -0.1) is 0 Å². The molecule has 0 unspecified atom stereocenters. The topological polar surface area (TPSA) is 116 Å². The molecule has 0 saturated carbocycles. The number of nitrogens with one attached hydrogen (secondary N) is 1. The third kappa shape index (κ3) is 4.56. The van der Waals surface area contributed by atoms with Crippen LogP contribution in [0.5, 0.6) is 0 Å². The van der Waals surface area contributed by atoms with E-state index in [1.54, 1.807) is 6.92 Å². The van der Waals surface area contributed by atoms with E-state index in [9.17, 15) is 23.3 Å². The second-order valence-corrected chi connectivity index (χ2v) is 5.56. The highest BCUT2D eigenvalue weighted by molar-refractivity contribution is 7.89. The van der Waals surface area contributed by atoms with Crippen LogP contribution in [-0.4, -0.2) is 25.9 Å². The Kier molecular flexibility index (Phi) is 5.42. The summed E-state index contributed by atoms with van der Waals surface area (Å²) in [6.07, 6.45) is 0.954. The minimum atomic E-state index is -4.16. The first-order chi connectivity index (χ1) is 9.77. The first-order valence-corrected chi connectivity index (χ1v) is 7.37. The Labute approximate surface area is 121 Å². The number of allylic oxidation sites excluding steroid dienone is 1. The lowest BCUT2D eigenvalue weighted by Gasteiger charge is -2.08. The molecule has 1 rings (SSSR count). The van der Waals surface area contributed by atoms with Gasteiger partial charge in [0.15, 0.2) is 4.90 Å². The van der Waals surface area contributed by atoms with E-state index in [-0.39, 0.29) is 12.3 Å². The summed E-state index contributed by atoms with van der Waals surface area (Å²) in [5.74, 6) is -0.708. The molecule has 0 fully saturated rings. The average Bonchev–Trinajstić information content (AvgIpc) is 2.38. The van der Waals surface area contributed by atoms with Gasteiger partial charge in [0.1, 0.15) is 0 Å². The Balaban J connectivity index is 3.08. The standard InChI is InChI=1S/C12H14N2O6S/c1-3-20-12(15)8-9(2)13-21(18,19)11-7-5-4-6-10(11)14(16)17/h4-8,13H,3H2,1-2H3/b9-8+. The number of nitro benzene ring substituents is 1. The van der Waals surface area contributed by atoms with Crippen molar-refractivity contribution in [1.82, 2.24) is 4.72 Å². The zero-order chi connectivity index (χ0) is 16.0. The number of nitrogens with zero attached hydrogens (tertiary/aromatic N) is 1. The summed E-state index contributed by atoms with van der Waals surface area (Å²) in [5.41, 5.74) is -0.555. The second-order valence-electron chi connectivity index (χ2n) is 3.91. The Morgan fingerprint density at radius 1 is 1.43 bits per heavy atom. The molecule has 0 bridgehead atoms. The van der Waals surface area contributed by atoms with Crippen molar-refractivity contribution >= 4 is 21.7 Å². The smallest absolute Gasteiger partial charge is 0.332 e. The van der Waals surface area contributed by atoms with Crippen LogP contribution in [-0.2, 0) is 19.6 Å². The fourth-order valence-electron chi connectivity index (χ4n) is 1.49. The van der Waals surface area contributed by atoms with E-state index in [1.165, 1.54) is 19.1 Å². The van der Waals surface area contributed by atoms with Gasteiger partial charge in [-0.3, -0.25) is 14.8 Å². The molecule has 9 heteroatoms. The molecule has 0 aliphatic heterocycles. The van der Waals surface area contributed by atoms with Crippen molar-refractivity contribution in [3.8, 4) is 0 Å². The lowest BCUT2D eigenvalue weighted by molar-refractivity contribution is -0.387. The Hall–Kier alpha value is -2.42. The highest BCUT2D eigenvalue weighted by Crippen LogP contribution is 2.23. The molecule has 0 aromatic heterocycles. The van der Waals surface area contributed by atoms with Gasteiger partial charge in [0, 0.05) is 17.8 Å². The molecule has 0 saturated heterocycles. The first kappa shape index (κ1) is 16.6. The number of esters is 1. The van der Waals surface area contributed by atoms with E-state index in [2.05, 4.69) is 9.46 Å². The van der Waals surface area contributed by atoms with Crippen LogP contribution >= 0.6 is 0 Å². The Morgan fingerprint density at radius 2 is 2.05 bits per heavy atom. The van der Waals surface area contributed by atoms with Crippen molar-refractivity contribution in [1.29, 1.82) is 0 Å². The van der Waals surface area contributed by atoms with Crippen LogP contribution in [0.1, 0.15) is 13.8 Å². The van der Waals surface area contributed by atoms with E-state index in [4.69, 9.17) is 0 Å². The molecule has 1 aromatic carbocycles. The van der Waals surface area contributed by atoms with E-state index in [1.807, 2.05) is 0 Å². The summed E-state index contributed by atoms with van der Waals surface area (Å²) in [5, 5.41) is 10.8. The Bertz CT molecular complexity index is 681. The number of para-hydroxylation sites is 1. The van der Waals surface area contributed by atoms with Crippen molar-refractivity contribution in [2.45, 2.75) is 18.7 Å². The van der Waals surface area contributed by atoms with Gasteiger partial charge in [0.05, 0.1) is 11.5 Å². The third-order valence-electron chi connectivity index (χ3n) is 2.27. The summed E-state index contributed by atoms with van der Waals surface area (Å²) in [7, 11) is -4.16.